The molecule has 1 rings (SSSR count). The Balaban J connectivity index is 2.78. The van der Waals surface area contributed by atoms with Crippen LogP contribution in [0.5, 0.6) is 5.75 Å². The van der Waals surface area contributed by atoms with Gasteiger partial charge in [-0.1, -0.05) is 19.4 Å². The maximum atomic E-state index is 12.0. The van der Waals surface area contributed by atoms with Crippen molar-refractivity contribution in [1.82, 2.24) is 5.32 Å². The molecule has 1 atom stereocenters. The van der Waals surface area contributed by atoms with E-state index in [-0.39, 0.29) is 6.10 Å². The minimum absolute atomic E-state index is 0.0140. The van der Waals surface area contributed by atoms with Crippen molar-refractivity contribution in [3.63, 3.8) is 0 Å². The summed E-state index contributed by atoms with van der Waals surface area (Å²) in [5.74, 6) is -0.829. The molecular weight excluding hydrogens is 258 g/mol. The Morgan fingerprint density at radius 2 is 2.05 bits per heavy atom. The number of carboxylic acids is 1. The number of benzene rings is 1. The van der Waals surface area contributed by atoms with Crippen LogP contribution < -0.4 is 10.1 Å². The molecule has 110 valence electrons. The van der Waals surface area contributed by atoms with Crippen LogP contribution in [0.2, 0.25) is 0 Å². The lowest BCUT2D eigenvalue weighted by Gasteiger charge is -2.14. The molecule has 5 heteroatoms. The molecule has 2 N–H and O–H groups in total. The number of hydrogen-bond donors (Lipinski definition) is 2. The van der Waals surface area contributed by atoms with Crippen molar-refractivity contribution >= 4 is 11.9 Å². The minimum Gasteiger partial charge on any atom is -0.491 e. The zero-order chi connectivity index (χ0) is 15.1. The van der Waals surface area contributed by atoms with Crippen LogP contribution >= 0.6 is 0 Å². The highest BCUT2D eigenvalue weighted by Gasteiger charge is 2.19. The zero-order valence-electron chi connectivity index (χ0n) is 12.1. The normalized spacial score (nSPS) is 12.0. The first-order valence-corrected chi connectivity index (χ1v) is 6.74. The van der Waals surface area contributed by atoms with Crippen molar-refractivity contribution in [2.45, 2.75) is 45.8 Å². The molecule has 0 saturated carbocycles. The molecule has 1 aromatic rings. The summed E-state index contributed by atoms with van der Waals surface area (Å²) < 4.78 is 5.51. The van der Waals surface area contributed by atoms with E-state index in [0.29, 0.717) is 24.2 Å². The smallest absolute Gasteiger partial charge is 0.326 e. The number of amides is 1. The van der Waals surface area contributed by atoms with E-state index < -0.39 is 17.9 Å². The lowest BCUT2D eigenvalue weighted by atomic mass is 10.1. The first kappa shape index (κ1) is 16.0. The van der Waals surface area contributed by atoms with Crippen molar-refractivity contribution < 1.29 is 19.4 Å². The van der Waals surface area contributed by atoms with E-state index in [0.717, 1.165) is 0 Å². The summed E-state index contributed by atoms with van der Waals surface area (Å²) in [5.41, 5.74) is 0.394. The average Bonchev–Trinajstić information content (AvgIpc) is 2.37. The molecule has 1 aromatic carbocycles. The van der Waals surface area contributed by atoms with E-state index in [4.69, 9.17) is 9.84 Å². The van der Waals surface area contributed by atoms with Gasteiger partial charge in [-0.2, -0.15) is 0 Å². The highest BCUT2D eigenvalue weighted by molar-refractivity contribution is 5.96. The number of nitrogens with one attached hydrogen (secondary N) is 1. The molecule has 0 aliphatic rings. The summed E-state index contributed by atoms with van der Waals surface area (Å²) in [4.78, 5) is 23.1. The van der Waals surface area contributed by atoms with Gasteiger partial charge in [0.25, 0.3) is 5.91 Å². The summed E-state index contributed by atoms with van der Waals surface area (Å²) in [6, 6.07) is 5.86. The van der Waals surface area contributed by atoms with Crippen molar-refractivity contribution in [2.24, 2.45) is 0 Å². The molecule has 5 nitrogen and oxygen atoms in total. The first-order valence-electron chi connectivity index (χ1n) is 6.74. The van der Waals surface area contributed by atoms with Gasteiger partial charge in [-0.15, -0.1) is 0 Å². The van der Waals surface area contributed by atoms with Crippen molar-refractivity contribution in [2.75, 3.05) is 0 Å². The molecule has 0 heterocycles. The molecular formula is C15H21NO4. The molecule has 0 aromatic heterocycles. The number of ether oxygens (including phenoxy) is 1. The van der Waals surface area contributed by atoms with Gasteiger partial charge in [-0.25, -0.2) is 4.79 Å². The standard InChI is InChI=1S/C15H21NO4/c1-4-6-13(15(18)19)16-14(17)11-7-5-8-12(9-11)20-10(2)3/h5,7-10,13H,4,6H2,1-3H3,(H,16,17)(H,18,19)/t13-/m1/s1. The Kier molecular flexibility index (Phi) is 6.03. The average molecular weight is 279 g/mol. The molecule has 0 saturated heterocycles. The Bertz CT molecular complexity index is 471. The Morgan fingerprint density at radius 3 is 2.60 bits per heavy atom. The maximum absolute atomic E-state index is 12.0. The van der Waals surface area contributed by atoms with Crippen molar-refractivity contribution in [3.05, 3.63) is 29.8 Å². The summed E-state index contributed by atoms with van der Waals surface area (Å²) in [6.45, 7) is 5.67. The molecule has 0 aliphatic carbocycles. The zero-order valence-corrected chi connectivity index (χ0v) is 12.1. The molecule has 0 fully saturated rings. The van der Waals surface area contributed by atoms with E-state index in [2.05, 4.69) is 5.32 Å². The number of rotatable bonds is 7. The third-order valence-corrected chi connectivity index (χ3v) is 2.65. The van der Waals surface area contributed by atoms with Gasteiger partial charge in [0.05, 0.1) is 6.10 Å². The van der Waals surface area contributed by atoms with Crippen LogP contribution in [0.15, 0.2) is 24.3 Å². The third kappa shape index (κ3) is 4.91. The van der Waals surface area contributed by atoms with Crippen LogP contribution in [0.4, 0.5) is 0 Å². The lowest BCUT2D eigenvalue weighted by Crippen LogP contribution is -2.40. The highest BCUT2D eigenvalue weighted by Crippen LogP contribution is 2.15. The second kappa shape index (κ2) is 7.53. The predicted octanol–water partition coefficient (Wildman–Crippen LogP) is 2.46. The van der Waals surface area contributed by atoms with Crippen LogP contribution in [0, 0.1) is 0 Å². The third-order valence-electron chi connectivity index (χ3n) is 2.65. The number of carboxylic acid groups (broad SMARTS) is 1. The van der Waals surface area contributed by atoms with Gasteiger partial charge in [-0.3, -0.25) is 4.79 Å². The van der Waals surface area contributed by atoms with Gasteiger partial charge in [-0.05, 0) is 38.5 Å². The molecule has 20 heavy (non-hydrogen) atoms. The predicted molar refractivity (Wildman–Crippen MR) is 76.0 cm³/mol. The van der Waals surface area contributed by atoms with Gasteiger partial charge in [0, 0.05) is 5.56 Å². The first-order chi connectivity index (χ1) is 9.43. The Morgan fingerprint density at radius 1 is 1.35 bits per heavy atom. The second-order valence-electron chi connectivity index (χ2n) is 4.85. The molecule has 1 amide bonds. The molecule has 0 unspecified atom stereocenters. The summed E-state index contributed by atoms with van der Waals surface area (Å²) >= 11 is 0. The van der Waals surface area contributed by atoms with E-state index in [1.54, 1.807) is 24.3 Å². The molecule has 0 radical (unpaired) electrons. The number of aliphatic carboxylic acids is 1. The van der Waals surface area contributed by atoms with Crippen LogP contribution in [0.3, 0.4) is 0 Å². The second-order valence-corrected chi connectivity index (χ2v) is 4.85. The minimum atomic E-state index is -1.02. The fraction of sp³-hybridized carbons (Fsp3) is 0.467. The van der Waals surface area contributed by atoms with Gasteiger partial charge in [0.15, 0.2) is 0 Å². The monoisotopic (exact) mass is 279 g/mol. The van der Waals surface area contributed by atoms with Crippen LogP contribution in [-0.4, -0.2) is 29.1 Å². The van der Waals surface area contributed by atoms with E-state index in [1.807, 2.05) is 20.8 Å². The molecule has 0 aliphatic heterocycles. The summed E-state index contributed by atoms with van der Waals surface area (Å²) in [6.07, 6.45) is 1.11. The fourth-order valence-electron chi connectivity index (χ4n) is 1.77. The van der Waals surface area contributed by atoms with Crippen LogP contribution in [-0.2, 0) is 4.79 Å². The number of hydrogen-bond acceptors (Lipinski definition) is 3. The van der Waals surface area contributed by atoms with Crippen molar-refractivity contribution in [1.29, 1.82) is 0 Å². The largest absolute Gasteiger partial charge is 0.491 e. The topological polar surface area (TPSA) is 75.6 Å². The van der Waals surface area contributed by atoms with Crippen LogP contribution in [0.25, 0.3) is 0 Å². The summed E-state index contributed by atoms with van der Waals surface area (Å²) in [5, 5.41) is 11.6. The lowest BCUT2D eigenvalue weighted by molar-refractivity contribution is -0.139. The van der Waals surface area contributed by atoms with Gasteiger partial charge >= 0.3 is 5.97 Å². The molecule has 0 bridgehead atoms. The van der Waals surface area contributed by atoms with Crippen molar-refractivity contribution in [3.8, 4) is 5.75 Å². The number of carbonyl (C=O) groups excluding carboxylic acids is 1. The molecule has 0 spiro atoms. The van der Waals surface area contributed by atoms with Gasteiger partial charge in [0.2, 0.25) is 0 Å². The Hall–Kier alpha value is -2.04. The van der Waals surface area contributed by atoms with E-state index >= 15 is 0 Å². The van der Waals surface area contributed by atoms with Gasteiger partial charge < -0.3 is 15.2 Å². The van der Waals surface area contributed by atoms with E-state index in [9.17, 15) is 9.59 Å². The Labute approximate surface area is 118 Å². The highest BCUT2D eigenvalue weighted by atomic mass is 16.5. The van der Waals surface area contributed by atoms with Gasteiger partial charge in [0.1, 0.15) is 11.8 Å². The SMILES string of the molecule is CCC[C@@H](NC(=O)c1cccc(OC(C)C)c1)C(=O)O. The van der Waals surface area contributed by atoms with Crippen LogP contribution in [0.1, 0.15) is 44.0 Å². The summed E-state index contributed by atoms with van der Waals surface area (Å²) in [7, 11) is 0. The van der Waals surface area contributed by atoms with E-state index in [1.165, 1.54) is 0 Å². The maximum Gasteiger partial charge on any atom is 0.326 e. The fourth-order valence-corrected chi connectivity index (χ4v) is 1.77. The number of carbonyl (C=O) groups is 2. The quantitative estimate of drug-likeness (QED) is 0.804.